The van der Waals surface area contributed by atoms with Crippen molar-refractivity contribution in [1.82, 2.24) is 10.2 Å². The highest BCUT2D eigenvalue weighted by molar-refractivity contribution is 5.25. The number of rotatable bonds is 8. The minimum atomic E-state index is 0.201. The molecule has 0 aromatic heterocycles. The largest absolute Gasteiger partial charge is 0.377 e. The highest BCUT2D eigenvalue weighted by Crippen LogP contribution is 2.35. The third-order valence-electron chi connectivity index (χ3n) is 4.84. The van der Waals surface area contributed by atoms with Crippen LogP contribution in [0.15, 0.2) is 37.0 Å². The maximum absolute atomic E-state index is 5.57. The first-order chi connectivity index (χ1) is 10.2. The summed E-state index contributed by atoms with van der Waals surface area (Å²) >= 11 is 0. The predicted octanol–water partition coefficient (Wildman–Crippen LogP) is 2.77. The van der Waals surface area contributed by atoms with Crippen LogP contribution in [-0.2, 0) is 4.74 Å². The SMILES string of the molecule is C=C/C=C(\C=C)CC1(N2CCC(CNCC)CC2)COC1. The quantitative estimate of drug-likeness (QED) is 0.696. The van der Waals surface area contributed by atoms with Crippen LogP contribution in [-0.4, -0.2) is 49.8 Å². The van der Waals surface area contributed by atoms with E-state index in [1.165, 1.54) is 38.0 Å². The molecule has 2 heterocycles. The predicted molar refractivity (Wildman–Crippen MR) is 89.5 cm³/mol. The van der Waals surface area contributed by atoms with Crippen molar-refractivity contribution in [2.45, 2.75) is 31.7 Å². The topological polar surface area (TPSA) is 24.5 Å². The molecule has 0 aromatic carbocycles. The molecule has 0 atom stereocenters. The minimum Gasteiger partial charge on any atom is -0.377 e. The molecule has 2 aliphatic heterocycles. The van der Waals surface area contributed by atoms with E-state index in [1.54, 1.807) is 0 Å². The lowest BCUT2D eigenvalue weighted by molar-refractivity contribution is -0.147. The van der Waals surface area contributed by atoms with Gasteiger partial charge in [-0.15, -0.1) is 0 Å². The Morgan fingerprint density at radius 2 is 2.05 bits per heavy atom. The molecule has 118 valence electrons. The molecule has 0 spiro atoms. The molecule has 2 rings (SSSR count). The molecule has 2 saturated heterocycles. The van der Waals surface area contributed by atoms with E-state index in [1.807, 2.05) is 12.2 Å². The van der Waals surface area contributed by atoms with Crippen LogP contribution in [0.5, 0.6) is 0 Å². The first-order valence-electron chi connectivity index (χ1n) is 8.21. The van der Waals surface area contributed by atoms with Crippen molar-refractivity contribution in [2.24, 2.45) is 5.92 Å². The Labute approximate surface area is 129 Å². The van der Waals surface area contributed by atoms with Gasteiger partial charge in [0, 0.05) is 0 Å². The van der Waals surface area contributed by atoms with Crippen molar-refractivity contribution >= 4 is 0 Å². The second kappa shape index (κ2) is 7.92. The van der Waals surface area contributed by atoms with Crippen LogP contribution in [0.1, 0.15) is 26.2 Å². The molecule has 1 N–H and O–H groups in total. The number of allylic oxidation sites excluding steroid dienone is 3. The molecule has 3 heteroatoms. The lowest BCUT2D eigenvalue weighted by atomic mass is 9.83. The van der Waals surface area contributed by atoms with Gasteiger partial charge < -0.3 is 10.1 Å². The van der Waals surface area contributed by atoms with Crippen LogP contribution in [0.3, 0.4) is 0 Å². The van der Waals surface area contributed by atoms with Gasteiger partial charge in [0.05, 0.1) is 18.8 Å². The number of likely N-dealkylation sites (tertiary alicyclic amines) is 1. The van der Waals surface area contributed by atoms with Crippen molar-refractivity contribution in [1.29, 1.82) is 0 Å². The zero-order valence-corrected chi connectivity index (χ0v) is 13.4. The van der Waals surface area contributed by atoms with Gasteiger partial charge in [0.15, 0.2) is 0 Å². The van der Waals surface area contributed by atoms with Gasteiger partial charge in [0.2, 0.25) is 0 Å². The standard InChI is InChI=1S/C18H30N2O/c1-4-7-16(5-2)12-18(14-21-15-18)20-10-8-17(9-11-20)13-19-6-3/h4-5,7,17,19H,1-2,6,8-15H2,3H3/b16-7+. The smallest absolute Gasteiger partial charge is 0.0719 e. The summed E-state index contributed by atoms with van der Waals surface area (Å²) in [6.07, 6.45) is 9.50. The molecule has 2 fully saturated rings. The molecule has 0 aromatic rings. The molecular weight excluding hydrogens is 260 g/mol. The van der Waals surface area contributed by atoms with Crippen molar-refractivity contribution < 1.29 is 4.74 Å². The zero-order chi connectivity index (χ0) is 15.1. The van der Waals surface area contributed by atoms with Gasteiger partial charge in [0.25, 0.3) is 0 Å². The fourth-order valence-corrected chi connectivity index (χ4v) is 3.42. The summed E-state index contributed by atoms with van der Waals surface area (Å²) in [4.78, 5) is 2.65. The summed E-state index contributed by atoms with van der Waals surface area (Å²) in [6, 6.07) is 0. The average molecular weight is 290 g/mol. The van der Waals surface area contributed by atoms with Crippen molar-refractivity contribution in [3.05, 3.63) is 37.0 Å². The first-order valence-corrected chi connectivity index (χ1v) is 8.21. The molecular formula is C18H30N2O. The number of nitrogens with one attached hydrogen (secondary N) is 1. The van der Waals surface area contributed by atoms with Crippen LogP contribution < -0.4 is 5.32 Å². The Kier molecular flexibility index (Phi) is 6.22. The zero-order valence-electron chi connectivity index (χ0n) is 13.4. The van der Waals surface area contributed by atoms with Gasteiger partial charge in [-0.3, -0.25) is 4.90 Å². The second-order valence-corrected chi connectivity index (χ2v) is 6.31. The second-order valence-electron chi connectivity index (χ2n) is 6.31. The number of hydrogen-bond acceptors (Lipinski definition) is 3. The molecule has 0 unspecified atom stereocenters. The Morgan fingerprint density at radius 1 is 1.33 bits per heavy atom. The third kappa shape index (κ3) is 4.06. The summed E-state index contributed by atoms with van der Waals surface area (Å²) in [5.74, 6) is 0.835. The molecule has 0 amide bonds. The Balaban J connectivity index is 1.91. The van der Waals surface area contributed by atoms with Gasteiger partial charge in [-0.05, 0) is 56.9 Å². The van der Waals surface area contributed by atoms with E-state index in [0.717, 1.165) is 32.1 Å². The van der Waals surface area contributed by atoms with Gasteiger partial charge in [-0.25, -0.2) is 0 Å². The average Bonchev–Trinajstić information content (AvgIpc) is 2.48. The monoisotopic (exact) mass is 290 g/mol. The maximum atomic E-state index is 5.57. The van der Waals surface area contributed by atoms with E-state index < -0.39 is 0 Å². The Bertz CT molecular complexity index is 377. The summed E-state index contributed by atoms with van der Waals surface area (Å²) in [6.45, 7) is 16.2. The van der Waals surface area contributed by atoms with Crippen LogP contribution in [0.4, 0.5) is 0 Å². The van der Waals surface area contributed by atoms with E-state index in [2.05, 4.69) is 36.4 Å². The van der Waals surface area contributed by atoms with E-state index >= 15 is 0 Å². The first kappa shape index (κ1) is 16.5. The number of hydrogen-bond donors (Lipinski definition) is 1. The van der Waals surface area contributed by atoms with Crippen LogP contribution in [0, 0.1) is 5.92 Å². The molecule has 2 aliphatic rings. The molecule has 0 bridgehead atoms. The molecule has 0 saturated carbocycles. The van der Waals surface area contributed by atoms with Crippen LogP contribution >= 0.6 is 0 Å². The van der Waals surface area contributed by atoms with Crippen molar-refractivity contribution in [3.8, 4) is 0 Å². The highest BCUT2D eigenvalue weighted by Gasteiger charge is 2.45. The van der Waals surface area contributed by atoms with Gasteiger partial charge in [0.1, 0.15) is 0 Å². The summed E-state index contributed by atoms with van der Waals surface area (Å²) in [7, 11) is 0. The fraction of sp³-hybridized carbons (Fsp3) is 0.667. The molecule has 3 nitrogen and oxygen atoms in total. The lowest BCUT2D eigenvalue weighted by Crippen LogP contribution is -2.64. The van der Waals surface area contributed by atoms with Crippen LogP contribution in [0.25, 0.3) is 0 Å². The summed E-state index contributed by atoms with van der Waals surface area (Å²) in [5.41, 5.74) is 1.47. The number of piperidine rings is 1. The van der Waals surface area contributed by atoms with Crippen LogP contribution in [0.2, 0.25) is 0 Å². The fourth-order valence-electron chi connectivity index (χ4n) is 3.42. The number of ether oxygens (including phenoxy) is 1. The van der Waals surface area contributed by atoms with E-state index in [0.29, 0.717) is 0 Å². The van der Waals surface area contributed by atoms with Crippen molar-refractivity contribution in [3.63, 3.8) is 0 Å². The molecule has 0 aliphatic carbocycles. The lowest BCUT2D eigenvalue weighted by Gasteiger charge is -2.52. The maximum Gasteiger partial charge on any atom is 0.0719 e. The molecule has 21 heavy (non-hydrogen) atoms. The van der Waals surface area contributed by atoms with Crippen molar-refractivity contribution in [2.75, 3.05) is 39.4 Å². The Morgan fingerprint density at radius 3 is 2.52 bits per heavy atom. The van der Waals surface area contributed by atoms with Gasteiger partial charge in [-0.2, -0.15) is 0 Å². The van der Waals surface area contributed by atoms with E-state index in [-0.39, 0.29) is 5.54 Å². The van der Waals surface area contributed by atoms with E-state index in [4.69, 9.17) is 4.74 Å². The summed E-state index contributed by atoms with van der Waals surface area (Å²) < 4.78 is 5.57. The van der Waals surface area contributed by atoms with Gasteiger partial charge in [-0.1, -0.05) is 38.3 Å². The Hall–Kier alpha value is -0.900. The minimum absolute atomic E-state index is 0.201. The third-order valence-corrected chi connectivity index (χ3v) is 4.84. The molecule has 0 radical (unpaired) electrons. The number of nitrogens with zero attached hydrogens (tertiary/aromatic N) is 1. The summed E-state index contributed by atoms with van der Waals surface area (Å²) in [5, 5.41) is 3.48. The van der Waals surface area contributed by atoms with E-state index in [9.17, 15) is 0 Å². The highest BCUT2D eigenvalue weighted by atomic mass is 16.5. The van der Waals surface area contributed by atoms with Gasteiger partial charge >= 0.3 is 0 Å². The normalized spacial score (nSPS) is 23.6.